The van der Waals surface area contributed by atoms with Crippen LogP contribution in [0.2, 0.25) is 0 Å². The van der Waals surface area contributed by atoms with E-state index < -0.39 is 0 Å². The van der Waals surface area contributed by atoms with Crippen molar-refractivity contribution in [2.24, 2.45) is 0 Å². The van der Waals surface area contributed by atoms with E-state index in [0.29, 0.717) is 38.3 Å². The summed E-state index contributed by atoms with van der Waals surface area (Å²) in [6, 6.07) is 17.7. The molecule has 0 spiro atoms. The molecule has 0 saturated carbocycles. The average Bonchev–Trinajstić information content (AvgIpc) is 2.68. The zero-order chi connectivity index (χ0) is 18.4. The molecule has 2 aromatic carbocycles. The number of aryl methyl sites for hydroxylation is 1. The van der Waals surface area contributed by atoms with Gasteiger partial charge in [0, 0.05) is 38.3 Å². The molecule has 0 radical (unpaired) electrons. The molecule has 136 valence electrons. The Morgan fingerprint density at radius 2 is 1.62 bits per heavy atom. The molecule has 5 nitrogen and oxygen atoms in total. The second-order valence-electron chi connectivity index (χ2n) is 6.62. The number of hydrogen-bond donors (Lipinski definition) is 1. The highest BCUT2D eigenvalue weighted by Gasteiger charge is 2.24. The van der Waals surface area contributed by atoms with E-state index in [1.807, 2.05) is 54.3 Å². The Hall–Kier alpha value is -2.82. The number of benzene rings is 2. The van der Waals surface area contributed by atoms with Gasteiger partial charge in [-0.3, -0.25) is 4.79 Å². The summed E-state index contributed by atoms with van der Waals surface area (Å²) in [5.74, 6) is 0.0397. The van der Waals surface area contributed by atoms with E-state index in [-0.39, 0.29) is 11.9 Å². The Morgan fingerprint density at radius 3 is 2.31 bits per heavy atom. The molecule has 5 heteroatoms. The molecule has 2 aromatic rings. The molecule has 1 aliphatic heterocycles. The van der Waals surface area contributed by atoms with Crippen molar-refractivity contribution in [3.63, 3.8) is 0 Å². The molecular weight excluding hydrogens is 326 g/mol. The minimum absolute atomic E-state index is 0.0397. The summed E-state index contributed by atoms with van der Waals surface area (Å²) in [4.78, 5) is 28.5. The summed E-state index contributed by atoms with van der Waals surface area (Å²) < 4.78 is 0. The number of hydrogen-bond acceptors (Lipinski definition) is 2. The van der Waals surface area contributed by atoms with Crippen molar-refractivity contribution in [1.29, 1.82) is 0 Å². The van der Waals surface area contributed by atoms with Crippen molar-refractivity contribution in [2.75, 3.05) is 32.7 Å². The lowest BCUT2D eigenvalue weighted by molar-refractivity contribution is 0.0665. The lowest BCUT2D eigenvalue weighted by atomic mass is 10.1. The van der Waals surface area contributed by atoms with Crippen molar-refractivity contribution in [3.05, 3.63) is 71.3 Å². The molecule has 0 atom stereocenters. The third-order valence-electron chi connectivity index (χ3n) is 4.65. The number of piperazine rings is 1. The molecule has 1 saturated heterocycles. The van der Waals surface area contributed by atoms with E-state index in [9.17, 15) is 9.59 Å². The van der Waals surface area contributed by atoms with Crippen molar-refractivity contribution >= 4 is 11.9 Å². The van der Waals surface area contributed by atoms with Crippen LogP contribution in [0.3, 0.4) is 0 Å². The van der Waals surface area contributed by atoms with Gasteiger partial charge < -0.3 is 15.1 Å². The fraction of sp³-hybridized carbons (Fsp3) is 0.333. The molecular formula is C21H25N3O2. The molecule has 26 heavy (non-hydrogen) atoms. The van der Waals surface area contributed by atoms with Crippen LogP contribution in [0.5, 0.6) is 0 Å². The van der Waals surface area contributed by atoms with Gasteiger partial charge >= 0.3 is 6.03 Å². The van der Waals surface area contributed by atoms with Crippen LogP contribution in [0.4, 0.5) is 4.79 Å². The van der Waals surface area contributed by atoms with Crippen LogP contribution in [-0.4, -0.2) is 54.5 Å². The normalized spacial score (nSPS) is 14.2. The lowest BCUT2D eigenvalue weighted by Crippen LogP contribution is -2.53. The van der Waals surface area contributed by atoms with Crippen LogP contribution in [0.15, 0.2) is 54.6 Å². The highest BCUT2D eigenvalue weighted by Crippen LogP contribution is 2.11. The molecule has 1 fully saturated rings. The molecule has 3 rings (SSSR count). The van der Waals surface area contributed by atoms with Crippen molar-refractivity contribution in [2.45, 2.75) is 13.3 Å². The Morgan fingerprint density at radius 1 is 0.923 bits per heavy atom. The minimum atomic E-state index is -0.0522. The van der Waals surface area contributed by atoms with E-state index in [1.165, 1.54) is 5.56 Å². The second kappa shape index (κ2) is 8.52. The van der Waals surface area contributed by atoms with E-state index in [1.54, 1.807) is 4.90 Å². The van der Waals surface area contributed by atoms with Crippen LogP contribution >= 0.6 is 0 Å². The maximum Gasteiger partial charge on any atom is 0.317 e. The van der Waals surface area contributed by atoms with E-state index in [2.05, 4.69) is 17.4 Å². The first-order valence-electron chi connectivity index (χ1n) is 9.06. The third kappa shape index (κ3) is 4.63. The number of urea groups is 1. The maximum atomic E-state index is 12.6. The third-order valence-corrected chi connectivity index (χ3v) is 4.65. The van der Waals surface area contributed by atoms with Gasteiger partial charge in [0.2, 0.25) is 0 Å². The number of nitrogens with zero attached hydrogens (tertiary/aromatic N) is 2. The fourth-order valence-corrected chi connectivity index (χ4v) is 3.14. The second-order valence-corrected chi connectivity index (χ2v) is 6.62. The van der Waals surface area contributed by atoms with Crippen molar-refractivity contribution in [1.82, 2.24) is 15.1 Å². The fourth-order valence-electron chi connectivity index (χ4n) is 3.14. The summed E-state index contributed by atoms with van der Waals surface area (Å²) in [7, 11) is 0. The van der Waals surface area contributed by atoms with Gasteiger partial charge in [0.05, 0.1) is 0 Å². The monoisotopic (exact) mass is 351 g/mol. The highest BCUT2D eigenvalue weighted by atomic mass is 16.2. The molecule has 0 bridgehead atoms. The SMILES string of the molecule is Cc1cccc(C(=O)N2CCN(C(=O)NCCc3ccccc3)CC2)c1. The first kappa shape index (κ1) is 18.0. The largest absolute Gasteiger partial charge is 0.338 e. The van der Waals surface area contributed by atoms with Gasteiger partial charge in [0.15, 0.2) is 0 Å². The molecule has 3 amide bonds. The first-order valence-corrected chi connectivity index (χ1v) is 9.06. The number of nitrogens with one attached hydrogen (secondary N) is 1. The van der Waals surface area contributed by atoms with Gasteiger partial charge in [0.1, 0.15) is 0 Å². The summed E-state index contributed by atoms with van der Waals surface area (Å²) >= 11 is 0. The van der Waals surface area contributed by atoms with Crippen LogP contribution in [0.25, 0.3) is 0 Å². The molecule has 1 aliphatic rings. The molecule has 0 unspecified atom stereocenters. The van der Waals surface area contributed by atoms with Crippen LogP contribution in [0, 0.1) is 6.92 Å². The van der Waals surface area contributed by atoms with Gasteiger partial charge in [-0.2, -0.15) is 0 Å². The number of carbonyl (C=O) groups is 2. The summed E-state index contributed by atoms with van der Waals surface area (Å²) in [6.45, 7) is 4.86. The standard InChI is InChI=1S/C21H25N3O2/c1-17-6-5-9-19(16-17)20(25)23-12-14-24(15-13-23)21(26)22-11-10-18-7-3-2-4-8-18/h2-9,16H,10-15H2,1H3,(H,22,26). The summed E-state index contributed by atoms with van der Waals surface area (Å²) in [5.41, 5.74) is 3.00. The Bertz CT molecular complexity index is 753. The summed E-state index contributed by atoms with van der Waals surface area (Å²) in [5, 5.41) is 2.97. The topological polar surface area (TPSA) is 52.7 Å². The Kier molecular flexibility index (Phi) is 5.89. The molecule has 0 aliphatic carbocycles. The first-order chi connectivity index (χ1) is 12.6. The summed E-state index contributed by atoms with van der Waals surface area (Å²) in [6.07, 6.45) is 0.818. The predicted octanol–water partition coefficient (Wildman–Crippen LogP) is 2.71. The Labute approximate surface area is 154 Å². The zero-order valence-corrected chi connectivity index (χ0v) is 15.1. The predicted molar refractivity (Wildman–Crippen MR) is 102 cm³/mol. The molecule has 0 aromatic heterocycles. The highest BCUT2D eigenvalue weighted by molar-refractivity contribution is 5.94. The van der Waals surface area contributed by atoms with E-state index in [0.717, 1.165) is 12.0 Å². The van der Waals surface area contributed by atoms with Gasteiger partial charge in [-0.05, 0) is 31.0 Å². The lowest BCUT2D eigenvalue weighted by Gasteiger charge is -2.34. The number of rotatable bonds is 4. The Balaban J connectivity index is 1.44. The van der Waals surface area contributed by atoms with Gasteiger partial charge in [-0.25, -0.2) is 4.79 Å². The van der Waals surface area contributed by atoms with Crippen LogP contribution < -0.4 is 5.32 Å². The van der Waals surface area contributed by atoms with E-state index >= 15 is 0 Å². The molecule has 1 N–H and O–H groups in total. The van der Waals surface area contributed by atoms with Crippen LogP contribution in [-0.2, 0) is 6.42 Å². The quantitative estimate of drug-likeness (QED) is 0.921. The number of amides is 3. The minimum Gasteiger partial charge on any atom is -0.338 e. The number of carbonyl (C=O) groups excluding carboxylic acids is 2. The maximum absolute atomic E-state index is 12.6. The van der Waals surface area contributed by atoms with Crippen LogP contribution in [0.1, 0.15) is 21.5 Å². The smallest absolute Gasteiger partial charge is 0.317 e. The van der Waals surface area contributed by atoms with Crippen molar-refractivity contribution in [3.8, 4) is 0 Å². The van der Waals surface area contributed by atoms with Crippen molar-refractivity contribution < 1.29 is 9.59 Å². The van der Waals surface area contributed by atoms with Gasteiger partial charge in [-0.1, -0.05) is 48.0 Å². The van der Waals surface area contributed by atoms with Gasteiger partial charge in [0.25, 0.3) is 5.91 Å². The van der Waals surface area contributed by atoms with E-state index in [4.69, 9.17) is 0 Å². The average molecular weight is 351 g/mol. The zero-order valence-electron chi connectivity index (χ0n) is 15.1. The van der Waals surface area contributed by atoms with Gasteiger partial charge in [-0.15, -0.1) is 0 Å². The molecule has 1 heterocycles.